The maximum Gasteiger partial charge on any atom is 0.240 e. The number of halogens is 1. The minimum Gasteiger partial charge on any atom is -0.368 e. The smallest absolute Gasteiger partial charge is 0.240 e. The van der Waals surface area contributed by atoms with Crippen LogP contribution in [0.3, 0.4) is 0 Å². The zero-order valence-corrected chi connectivity index (χ0v) is 10.4. The minimum atomic E-state index is -1.15. The number of hydrogen-bond donors (Lipinski definition) is 1. The van der Waals surface area contributed by atoms with Crippen LogP contribution >= 0.6 is 0 Å². The lowest BCUT2D eigenvalue weighted by Gasteiger charge is -2.25. The number of likely N-dealkylation sites (N-methyl/N-ethyl adjacent to an activating group) is 1. The summed E-state index contributed by atoms with van der Waals surface area (Å²) in [6, 6.07) is -0.784. The quantitative estimate of drug-likeness (QED) is 0.726. The van der Waals surface area contributed by atoms with E-state index >= 15 is 0 Å². The van der Waals surface area contributed by atoms with Crippen LogP contribution < -0.4 is 5.73 Å². The SMILES string of the molecule is CCN(CC)CC(=O)N1C[C@H](F)C[C@H]1C(N)=O. The molecule has 2 amide bonds. The van der Waals surface area contributed by atoms with E-state index < -0.39 is 18.1 Å². The normalized spacial score (nSPS) is 24.4. The Morgan fingerprint density at radius 1 is 1.41 bits per heavy atom. The van der Waals surface area contributed by atoms with Gasteiger partial charge in [0.15, 0.2) is 0 Å². The average molecular weight is 245 g/mol. The van der Waals surface area contributed by atoms with E-state index in [2.05, 4.69) is 0 Å². The Kier molecular flexibility index (Phi) is 4.86. The fraction of sp³-hybridized carbons (Fsp3) is 0.818. The van der Waals surface area contributed by atoms with Crippen molar-refractivity contribution in [2.24, 2.45) is 5.73 Å². The molecule has 0 unspecified atom stereocenters. The Hall–Kier alpha value is -1.17. The molecule has 2 N–H and O–H groups in total. The van der Waals surface area contributed by atoms with E-state index in [1.54, 1.807) is 0 Å². The second-order valence-electron chi connectivity index (χ2n) is 4.26. The summed E-state index contributed by atoms with van der Waals surface area (Å²) in [4.78, 5) is 26.3. The molecule has 1 fully saturated rings. The topological polar surface area (TPSA) is 66.6 Å². The van der Waals surface area contributed by atoms with Gasteiger partial charge in [0, 0.05) is 6.42 Å². The Bertz CT molecular complexity index is 294. The molecular formula is C11H20FN3O2. The second kappa shape index (κ2) is 5.95. The molecule has 1 heterocycles. The second-order valence-corrected chi connectivity index (χ2v) is 4.26. The van der Waals surface area contributed by atoms with E-state index in [9.17, 15) is 14.0 Å². The predicted octanol–water partition coefficient (Wildman–Crippen LogP) is -0.247. The van der Waals surface area contributed by atoms with Gasteiger partial charge in [-0.05, 0) is 13.1 Å². The molecule has 0 spiro atoms. The molecule has 0 saturated carbocycles. The van der Waals surface area contributed by atoms with Gasteiger partial charge in [0.1, 0.15) is 12.2 Å². The molecule has 98 valence electrons. The molecule has 1 rings (SSSR count). The van der Waals surface area contributed by atoms with Gasteiger partial charge in [-0.1, -0.05) is 13.8 Å². The van der Waals surface area contributed by atoms with Crippen molar-refractivity contribution >= 4 is 11.8 Å². The Balaban J connectivity index is 2.64. The summed E-state index contributed by atoms with van der Waals surface area (Å²) in [5.41, 5.74) is 5.17. The average Bonchev–Trinajstić information content (AvgIpc) is 2.68. The zero-order valence-electron chi connectivity index (χ0n) is 10.4. The van der Waals surface area contributed by atoms with Crippen molar-refractivity contribution in [3.8, 4) is 0 Å². The fourth-order valence-electron chi connectivity index (χ4n) is 2.06. The number of nitrogens with zero attached hydrogens (tertiary/aromatic N) is 2. The first-order valence-electron chi connectivity index (χ1n) is 5.94. The first kappa shape index (κ1) is 13.9. The highest BCUT2D eigenvalue weighted by atomic mass is 19.1. The monoisotopic (exact) mass is 245 g/mol. The number of rotatable bonds is 5. The predicted molar refractivity (Wildman–Crippen MR) is 62.0 cm³/mol. The van der Waals surface area contributed by atoms with Crippen LogP contribution in [0.2, 0.25) is 0 Å². The maximum atomic E-state index is 13.2. The molecule has 0 aromatic rings. The molecule has 0 bridgehead atoms. The Labute approximate surface area is 101 Å². The van der Waals surface area contributed by atoms with Crippen LogP contribution in [0, 0.1) is 0 Å². The number of hydrogen-bond acceptors (Lipinski definition) is 3. The van der Waals surface area contributed by atoms with Crippen LogP contribution in [0.25, 0.3) is 0 Å². The highest BCUT2D eigenvalue weighted by Crippen LogP contribution is 2.20. The Morgan fingerprint density at radius 2 is 2.00 bits per heavy atom. The summed E-state index contributed by atoms with van der Waals surface area (Å²) in [6.07, 6.45) is -1.12. The lowest BCUT2D eigenvalue weighted by atomic mass is 10.2. The molecule has 0 aromatic heterocycles. The van der Waals surface area contributed by atoms with Crippen molar-refractivity contribution in [1.82, 2.24) is 9.80 Å². The third-order valence-corrected chi connectivity index (χ3v) is 3.15. The van der Waals surface area contributed by atoms with Crippen LogP contribution in [0.4, 0.5) is 4.39 Å². The molecule has 5 nitrogen and oxygen atoms in total. The fourth-order valence-corrected chi connectivity index (χ4v) is 2.06. The first-order chi connectivity index (χ1) is 7.99. The molecule has 0 aromatic carbocycles. The molecule has 1 saturated heterocycles. The van der Waals surface area contributed by atoms with Crippen molar-refractivity contribution < 1.29 is 14.0 Å². The summed E-state index contributed by atoms with van der Waals surface area (Å²) in [7, 11) is 0. The number of amides is 2. The number of alkyl halides is 1. The number of nitrogens with two attached hydrogens (primary N) is 1. The molecule has 6 heteroatoms. The van der Waals surface area contributed by atoms with Crippen molar-refractivity contribution in [2.45, 2.75) is 32.5 Å². The van der Waals surface area contributed by atoms with Crippen molar-refractivity contribution in [3.05, 3.63) is 0 Å². The largest absolute Gasteiger partial charge is 0.368 e. The van der Waals surface area contributed by atoms with Gasteiger partial charge in [-0.2, -0.15) is 0 Å². The van der Waals surface area contributed by atoms with Crippen LogP contribution in [0.1, 0.15) is 20.3 Å². The lowest BCUT2D eigenvalue weighted by molar-refractivity contribution is -0.138. The Morgan fingerprint density at radius 3 is 2.47 bits per heavy atom. The molecule has 0 aliphatic carbocycles. The van der Waals surface area contributed by atoms with Crippen molar-refractivity contribution in [3.63, 3.8) is 0 Å². The third-order valence-electron chi connectivity index (χ3n) is 3.15. The van der Waals surface area contributed by atoms with Gasteiger partial charge in [0.25, 0.3) is 0 Å². The van der Waals surface area contributed by atoms with Gasteiger partial charge < -0.3 is 10.6 Å². The molecule has 17 heavy (non-hydrogen) atoms. The number of primary amides is 1. The number of carbonyl (C=O) groups excluding carboxylic acids is 2. The standard InChI is InChI=1S/C11H20FN3O2/c1-3-14(4-2)7-10(16)15-6-8(12)5-9(15)11(13)17/h8-9H,3-7H2,1-2H3,(H2,13,17)/t8-,9+/m1/s1. The molecule has 1 aliphatic rings. The lowest BCUT2D eigenvalue weighted by Crippen LogP contribution is -2.47. The summed E-state index contributed by atoms with van der Waals surface area (Å²) in [6.45, 7) is 5.58. The number of likely N-dealkylation sites (tertiary alicyclic amines) is 1. The number of carbonyl (C=O) groups is 2. The van der Waals surface area contributed by atoms with E-state index in [1.807, 2.05) is 18.7 Å². The van der Waals surface area contributed by atoms with E-state index in [4.69, 9.17) is 5.73 Å². The van der Waals surface area contributed by atoms with Crippen molar-refractivity contribution in [2.75, 3.05) is 26.2 Å². The minimum absolute atomic E-state index is 0.0201. The zero-order chi connectivity index (χ0) is 13.0. The van der Waals surface area contributed by atoms with Gasteiger partial charge in [-0.15, -0.1) is 0 Å². The summed E-state index contributed by atoms with van der Waals surface area (Å²) in [5, 5.41) is 0. The van der Waals surface area contributed by atoms with Gasteiger partial charge in [-0.3, -0.25) is 14.5 Å². The first-order valence-corrected chi connectivity index (χ1v) is 5.94. The molecule has 2 atom stereocenters. The van der Waals surface area contributed by atoms with E-state index in [1.165, 1.54) is 4.90 Å². The van der Waals surface area contributed by atoms with Crippen molar-refractivity contribution in [1.29, 1.82) is 0 Å². The van der Waals surface area contributed by atoms with Crippen LogP contribution in [-0.4, -0.2) is 60.0 Å². The summed E-state index contributed by atoms with van der Waals surface area (Å²) < 4.78 is 13.2. The third kappa shape index (κ3) is 3.39. The van der Waals surface area contributed by atoms with Gasteiger partial charge in [0.05, 0.1) is 13.1 Å². The highest BCUT2D eigenvalue weighted by molar-refractivity contribution is 5.88. The van der Waals surface area contributed by atoms with Crippen LogP contribution in [-0.2, 0) is 9.59 Å². The molecule has 0 radical (unpaired) electrons. The van der Waals surface area contributed by atoms with Crippen LogP contribution in [0.5, 0.6) is 0 Å². The van der Waals surface area contributed by atoms with Gasteiger partial charge in [0.2, 0.25) is 11.8 Å². The molecule has 1 aliphatic heterocycles. The maximum absolute atomic E-state index is 13.2. The summed E-state index contributed by atoms with van der Waals surface area (Å²) in [5.74, 6) is -0.851. The van der Waals surface area contributed by atoms with Gasteiger partial charge in [-0.25, -0.2) is 4.39 Å². The van der Waals surface area contributed by atoms with E-state index in [0.29, 0.717) is 0 Å². The van der Waals surface area contributed by atoms with E-state index in [0.717, 1.165) is 13.1 Å². The molecular weight excluding hydrogens is 225 g/mol. The summed E-state index contributed by atoms with van der Waals surface area (Å²) >= 11 is 0. The van der Waals surface area contributed by atoms with Crippen LogP contribution in [0.15, 0.2) is 0 Å². The highest BCUT2D eigenvalue weighted by Gasteiger charge is 2.38. The van der Waals surface area contributed by atoms with E-state index in [-0.39, 0.29) is 25.4 Å². The van der Waals surface area contributed by atoms with Gasteiger partial charge >= 0.3 is 0 Å².